The van der Waals surface area contributed by atoms with Crippen LogP contribution in [0.2, 0.25) is 0 Å². The number of carbonyl (C=O) groups is 1. The van der Waals surface area contributed by atoms with Crippen LogP contribution in [0, 0.1) is 0 Å². The van der Waals surface area contributed by atoms with Gasteiger partial charge in [0, 0.05) is 30.5 Å². The Bertz CT molecular complexity index is 993. The highest BCUT2D eigenvalue weighted by Gasteiger charge is 2.10. The second-order valence-corrected chi connectivity index (χ2v) is 7.65. The number of aromatic nitrogens is 2. The molecule has 0 saturated heterocycles. The van der Waals surface area contributed by atoms with E-state index >= 15 is 0 Å². The Hall–Kier alpha value is -2.82. The van der Waals surface area contributed by atoms with Gasteiger partial charge in [0.15, 0.2) is 0 Å². The number of aryl methyl sites for hydroxylation is 4. The first kappa shape index (κ1) is 19.5. The summed E-state index contributed by atoms with van der Waals surface area (Å²) in [6.45, 7) is 3.96. The van der Waals surface area contributed by atoms with Crippen LogP contribution in [0.4, 0.5) is 5.82 Å². The predicted octanol–water partition coefficient (Wildman–Crippen LogP) is 4.52. The third-order valence-electron chi connectivity index (χ3n) is 5.55. The van der Waals surface area contributed by atoms with Gasteiger partial charge in [-0.05, 0) is 79.8 Å². The minimum atomic E-state index is -0.142. The second-order valence-electron chi connectivity index (χ2n) is 7.65. The highest BCUT2D eigenvalue weighted by atomic mass is 16.5. The van der Waals surface area contributed by atoms with Crippen molar-refractivity contribution in [2.45, 2.75) is 52.0 Å². The molecular weight excluding hydrogens is 362 g/mol. The van der Waals surface area contributed by atoms with E-state index < -0.39 is 0 Å². The molecule has 0 saturated carbocycles. The first-order valence-electron chi connectivity index (χ1n) is 10.7. The quantitative estimate of drug-likeness (QED) is 0.574. The SMILES string of the molecule is CCOC(=O)CCn1ccc2cc(CCCc3ccc4c(n3)NCCC4)ccc21. The standard InChI is InChI=1S/C24H29N3O2/c1-2-29-23(28)13-16-27-15-12-20-17-18(8-11-22(20)27)5-3-7-21-10-9-19-6-4-14-25-24(19)26-21/h8-12,15,17H,2-7,13-14,16H2,1H3,(H,25,26). The summed E-state index contributed by atoms with van der Waals surface area (Å²) >= 11 is 0. The molecule has 1 aliphatic rings. The Morgan fingerprint density at radius 3 is 3.03 bits per heavy atom. The van der Waals surface area contributed by atoms with Gasteiger partial charge in [0.25, 0.3) is 0 Å². The normalized spacial score (nSPS) is 13.1. The fraction of sp³-hybridized carbons (Fsp3) is 0.417. The fourth-order valence-corrected chi connectivity index (χ4v) is 4.03. The zero-order chi connectivity index (χ0) is 20.1. The molecule has 0 aliphatic carbocycles. The molecule has 5 nitrogen and oxygen atoms in total. The van der Waals surface area contributed by atoms with Gasteiger partial charge < -0.3 is 14.6 Å². The Morgan fingerprint density at radius 2 is 2.14 bits per heavy atom. The van der Waals surface area contributed by atoms with E-state index in [0.717, 1.165) is 38.0 Å². The topological polar surface area (TPSA) is 56.2 Å². The number of nitrogens with zero attached hydrogens (tertiary/aromatic N) is 2. The van der Waals surface area contributed by atoms with Crippen LogP contribution >= 0.6 is 0 Å². The van der Waals surface area contributed by atoms with Crippen LogP contribution in [0.15, 0.2) is 42.6 Å². The summed E-state index contributed by atoms with van der Waals surface area (Å²) in [5, 5.41) is 4.64. The Kier molecular flexibility index (Phi) is 6.13. The van der Waals surface area contributed by atoms with Gasteiger partial charge in [-0.15, -0.1) is 0 Å². The maximum Gasteiger partial charge on any atom is 0.307 e. The van der Waals surface area contributed by atoms with Gasteiger partial charge in [0.1, 0.15) is 5.82 Å². The zero-order valence-corrected chi connectivity index (χ0v) is 17.1. The summed E-state index contributed by atoms with van der Waals surface area (Å²) in [6.07, 6.45) is 7.90. The molecule has 0 spiro atoms. The molecule has 1 aromatic carbocycles. The number of carbonyl (C=O) groups excluding carboxylic acids is 1. The first-order chi connectivity index (χ1) is 14.2. The number of fused-ring (bicyclic) bond motifs is 2. The molecular formula is C24H29N3O2. The molecule has 0 atom stereocenters. The van der Waals surface area contributed by atoms with Crippen molar-refractivity contribution in [3.63, 3.8) is 0 Å². The Labute approximate surface area is 172 Å². The summed E-state index contributed by atoms with van der Waals surface area (Å²) < 4.78 is 7.15. The molecule has 0 unspecified atom stereocenters. The molecule has 0 bridgehead atoms. The average molecular weight is 392 g/mol. The molecule has 3 aromatic rings. The molecule has 29 heavy (non-hydrogen) atoms. The van der Waals surface area contributed by atoms with Gasteiger partial charge in [0.2, 0.25) is 0 Å². The Morgan fingerprint density at radius 1 is 1.21 bits per heavy atom. The number of hydrogen-bond donors (Lipinski definition) is 1. The zero-order valence-electron chi connectivity index (χ0n) is 17.1. The third kappa shape index (κ3) is 4.78. The monoisotopic (exact) mass is 391 g/mol. The lowest BCUT2D eigenvalue weighted by molar-refractivity contribution is -0.143. The maximum atomic E-state index is 11.6. The van der Waals surface area contributed by atoms with Crippen LogP contribution in [0.25, 0.3) is 10.9 Å². The number of rotatable bonds is 8. The first-order valence-corrected chi connectivity index (χ1v) is 10.7. The van der Waals surface area contributed by atoms with Gasteiger partial charge in [0.05, 0.1) is 13.0 Å². The molecule has 4 rings (SSSR count). The van der Waals surface area contributed by atoms with Crippen LogP contribution < -0.4 is 5.32 Å². The molecule has 152 valence electrons. The van der Waals surface area contributed by atoms with Crippen LogP contribution in [0.5, 0.6) is 0 Å². The van der Waals surface area contributed by atoms with Gasteiger partial charge in [-0.1, -0.05) is 12.1 Å². The van der Waals surface area contributed by atoms with Crippen molar-refractivity contribution < 1.29 is 9.53 Å². The molecule has 1 N–H and O–H groups in total. The highest BCUT2D eigenvalue weighted by Crippen LogP contribution is 2.22. The largest absolute Gasteiger partial charge is 0.466 e. The smallest absolute Gasteiger partial charge is 0.307 e. The maximum absolute atomic E-state index is 11.6. The lowest BCUT2D eigenvalue weighted by atomic mass is 10.0. The summed E-state index contributed by atoms with van der Waals surface area (Å²) in [5.41, 5.74) is 5.03. The minimum Gasteiger partial charge on any atom is -0.466 e. The van der Waals surface area contributed by atoms with E-state index in [-0.39, 0.29) is 5.97 Å². The summed E-state index contributed by atoms with van der Waals surface area (Å²) in [6, 6.07) is 13.2. The summed E-state index contributed by atoms with van der Waals surface area (Å²) in [5.74, 6) is 0.941. The van der Waals surface area contributed by atoms with E-state index in [2.05, 4.69) is 52.5 Å². The second kappa shape index (κ2) is 9.12. The van der Waals surface area contributed by atoms with Gasteiger partial charge in [-0.3, -0.25) is 4.79 Å². The number of anilines is 1. The van der Waals surface area contributed by atoms with Crippen molar-refractivity contribution in [3.05, 3.63) is 59.4 Å². The lowest BCUT2D eigenvalue weighted by Gasteiger charge is -2.17. The van der Waals surface area contributed by atoms with E-state index in [9.17, 15) is 4.79 Å². The van der Waals surface area contributed by atoms with Crippen molar-refractivity contribution in [1.82, 2.24) is 9.55 Å². The molecule has 0 radical (unpaired) electrons. The molecule has 2 aromatic heterocycles. The number of esters is 1. The van der Waals surface area contributed by atoms with E-state index in [0.29, 0.717) is 19.6 Å². The molecule has 0 amide bonds. The van der Waals surface area contributed by atoms with Crippen molar-refractivity contribution in [1.29, 1.82) is 0 Å². The number of benzene rings is 1. The minimum absolute atomic E-state index is 0.142. The van der Waals surface area contributed by atoms with Crippen molar-refractivity contribution >= 4 is 22.7 Å². The molecule has 1 aliphatic heterocycles. The van der Waals surface area contributed by atoms with E-state index in [1.54, 1.807) is 0 Å². The van der Waals surface area contributed by atoms with Crippen LogP contribution in [0.1, 0.15) is 43.0 Å². The average Bonchev–Trinajstić information content (AvgIpc) is 3.15. The van der Waals surface area contributed by atoms with E-state index in [1.807, 2.05) is 6.92 Å². The van der Waals surface area contributed by atoms with Gasteiger partial charge >= 0.3 is 5.97 Å². The number of nitrogens with one attached hydrogen (secondary N) is 1. The molecule has 5 heteroatoms. The molecule has 3 heterocycles. The predicted molar refractivity (Wildman–Crippen MR) is 116 cm³/mol. The summed E-state index contributed by atoms with van der Waals surface area (Å²) in [4.78, 5) is 16.4. The number of hydrogen-bond acceptors (Lipinski definition) is 4. The Balaban J connectivity index is 1.33. The van der Waals surface area contributed by atoms with Gasteiger partial charge in [-0.2, -0.15) is 0 Å². The van der Waals surface area contributed by atoms with Crippen molar-refractivity contribution in [2.75, 3.05) is 18.5 Å². The third-order valence-corrected chi connectivity index (χ3v) is 5.55. The number of pyridine rings is 1. The highest BCUT2D eigenvalue weighted by molar-refractivity contribution is 5.81. The molecule has 0 fully saturated rings. The van der Waals surface area contributed by atoms with Crippen LogP contribution in [-0.4, -0.2) is 28.7 Å². The lowest BCUT2D eigenvalue weighted by Crippen LogP contribution is -2.14. The van der Waals surface area contributed by atoms with Gasteiger partial charge in [-0.25, -0.2) is 4.98 Å². The van der Waals surface area contributed by atoms with E-state index in [1.165, 1.54) is 34.1 Å². The van der Waals surface area contributed by atoms with Crippen molar-refractivity contribution in [2.24, 2.45) is 0 Å². The summed E-state index contributed by atoms with van der Waals surface area (Å²) in [7, 11) is 0. The van der Waals surface area contributed by atoms with Crippen molar-refractivity contribution in [3.8, 4) is 0 Å². The number of ether oxygens (including phenoxy) is 1. The van der Waals surface area contributed by atoms with Crippen LogP contribution in [-0.2, 0) is 35.3 Å². The van der Waals surface area contributed by atoms with E-state index in [4.69, 9.17) is 9.72 Å². The fourth-order valence-electron chi connectivity index (χ4n) is 4.03. The van der Waals surface area contributed by atoms with Crippen LogP contribution in [0.3, 0.4) is 0 Å².